The molecule has 0 heterocycles. The van der Waals surface area contributed by atoms with Crippen LogP contribution in [-0.2, 0) is 14.3 Å². The van der Waals surface area contributed by atoms with Crippen molar-refractivity contribution in [3.05, 3.63) is 0 Å². The first kappa shape index (κ1) is 13.1. The molecule has 1 aliphatic carbocycles. The first-order valence-electron chi connectivity index (χ1n) is 5.21. The lowest BCUT2D eigenvalue weighted by atomic mass is 9.90. The van der Waals surface area contributed by atoms with E-state index in [-0.39, 0.29) is 5.97 Å². The van der Waals surface area contributed by atoms with Crippen LogP contribution in [0.5, 0.6) is 0 Å². The van der Waals surface area contributed by atoms with Crippen molar-refractivity contribution in [3.8, 4) is 0 Å². The summed E-state index contributed by atoms with van der Waals surface area (Å²) < 4.78 is 4.26. The van der Waals surface area contributed by atoms with Gasteiger partial charge in [-0.2, -0.15) is 0 Å². The van der Waals surface area contributed by atoms with Gasteiger partial charge in [0, 0.05) is 18.8 Å². The van der Waals surface area contributed by atoms with Crippen molar-refractivity contribution in [2.75, 3.05) is 7.11 Å². The number of hydrogen-bond donors (Lipinski definition) is 0. The first-order valence-corrected chi connectivity index (χ1v) is 5.21. The molecule has 1 aliphatic rings. The topological polar surface area (TPSA) is 43.4 Å². The third-order valence-electron chi connectivity index (χ3n) is 2.38. The van der Waals surface area contributed by atoms with E-state index in [0.29, 0.717) is 18.1 Å². The second-order valence-corrected chi connectivity index (χ2v) is 3.54. The molecule has 1 saturated carbocycles. The highest BCUT2D eigenvalue weighted by Crippen LogP contribution is 2.18. The fourth-order valence-corrected chi connectivity index (χ4v) is 1.30. The van der Waals surface area contributed by atoms with Crippen molar-refractivity contribution in [2.45, 2.75) is 46.0 Å². The Bertz CT molecular complexity index is 181. The molecule has 0 amide bonds. The van der Waals surface area contributed by atoms with Gasteiger partial charge >= 0.3 is 5.97 Å². The van der Waals surface area contributed by atoms with Crippen LogP contribution in [0.15, 0.2) is 0 Å². The van der Waals surface area contributed by atoms with Crippen LogP contribution in [0, 0.1) is 5.92 Å². The predicted molar refractivity (Wildman–Crippen MR) is 54.9 cm³/mol. The third-order valence-corrected chi connectivity index (χ3v) is 2.38. The Hall–Kier alpha value is -0.860. The second kappa shape index (κ2) is 7.54. The van der Waals surface area contributed by atoms with Crippen molar-refractivity contribution >= 4 is 11.8 Å². The summed E-state index contributed by atoms with van der Waals surface area (Å²) >= 11 is 0. The van der Waals surface area contributed by atoms with Crippen LogP contribution in [0.1, 0.15) is 46.0 Å². The van der Waals surface area contributed by atoms with E-state index < -0.39 is 0 Å². The minimum Gasteiger partial charge on any atom is -0.469 e. The number of ketones is 1. The average molecular weight is 200 g/mol. The van der Waals surface area contributed by atoms with Crippen LogP contribution in [0.25, 0.3) is 0 Å². The zero-order chi connectivity index (χ0) is 11.0. The number of carbonyl (C=O) groups is 2. The number of hydrogen-bond acceptors (Lipinski definition) is 3. The van der Waals surface area contributed by atoms with Crippen molar-refractivity contribution in [1.29, 1.82) is 0 Å². The Kier molecular flexibility index (Phi) is 7.07. The van der Waals surface area contributed by atoms with E-state index in [1.54, 1.807) is 6.92 Å². The van der Waals surface area contributed by atoms with Gasteiger partial charge in [0.15, 0.2) is 0 Å². The molecule has 3 nitrogen and oxygen atoms in total. The molecule has 1 atom stereocenters. The number of ether oxygens (including phenoxy) is 1. The van der Waals surface area contributed by atoms with E-state index in [2.05, 4.69) is 4.74 Å². The molecule has 0 saturated heterocycles. The van der Waals surface area contributed by atoms with Gasteiger partial charge in [0.25, 0.3) is 0 Å². The molecule has 0 aromatic heterocycles. The van der Waals surface area contributed by atoms with Crippen LogP contribution in [0.4, 0.5) is 0 Å². The van der Waals surface area contributed by atoms with E-state index in [4.69, 9.17) is 0 Å². The Balaban J connectivity index is 0.000000255. The zero-order valence-electron chi connectivity index (χ0n) is 9.34. The van der Waals surface area contributed by atoms with Gasteiger partial charge in [-0.3, -0.25) is 9.59 Å². The van der Waals surface area contributed by atoms with Gasteiger partial charge < -0.3 is 4.74 Å². The summed E-state index contributed by atoms with van der Waals surface area (Å²) in [6.07, 6.45) is 4.81. The zero-order valence-corrected chi connectivity index (χ0v) is 9.34. The molecule has 14 heavy (non-hydrogen) atoms. The average Bonchev–Trinajstić information content (AvgIpc) is 2.22. The third kappa shape index (κ3) is 5.73. The minimum absolute atomic E-state index is 0.157. The summed E-state index contributed by atoms with van der Waals surface area (Å²) in [4.78, 5) is 20.8. The summed E-state index contributed by atoms with van der Waals surface area (Å²) in [5.74, 6) is 0.676. The second-order valence-electron chi connectivity index (χ2n) is 3.54. The normalized spacial score (nSPS) is 20.8. The Morgan fingerprint density at radius 1 is 1.50 bits per heavy atom. The molecule has 82 valence electrons. The number of carbonyl (C=O) groups excluding carboxylic acids is 2. The maximum atomic E-state index is 10.8. The highest BCUT2D eigenvalue weighted by molar-refractivity contribution is 5.81. The SMILES string of the molecule is CC1CCCCC1=O.CCC(=O)OC. The fraction of sp³-hybridized carbons (Fsp3) is 0.818. The van der Waals surface area contributed by atoms with Crippen LogP contribution < -0.4 is 0 Å². The standard InChI is InChI=1S/C7H12O.C4H8O2/c1-6-4-2-3-5-7(6)8;1-3-4(5)6-2/h6H,2-5H2,1H3;3H2,1-2H3. The molecule has 0 aliphatic heterocycles. The quantitative estimate of drug-likeness (QED) is 0.610. The van der Waals surface area contributed by atoms with Gasteiger partial charge in [0.1, 0.15) is 5.78 Å². The lowest BCUT2D eigenvalue weighted by Gasteiger charge is -2.14. The molecule has 0 aromatic rings. The van der Waals surface area contributed by atoms with Gasteiger partial charge in [-0.15, -0.1) is 0 Å². The molecule has 0 aromatic carbocycles. The first-order chi connectivity index (χ1) is 6.61. The highest BCUT2D eigenvalue weighted by atomic mass is 16.5. The van der Waals surface area contributed by atoms with Crippen molar-refractivity contribution < 1.29 is 14.3 Å². The highest BCUT2D eigenvalue weighted by Gasteiger charge is 2.16. The summed E-state index contributed by atoms with van der Waals surface area (Å²) in [5.41, 5.74) is 0. The molecular formula is C11H20O3. The number of rotatable bonds is 1. The Labute approximate surface area is 85.8 Å². The number of Topliss-reactive ketones (excluding diaryl/α,β-unsaturated/α-hetero) is 1. The van der Waals surface area contributed by atoms with Gasteiger partial charge in [0.05, 0.1) is 7.11 Å². The van der Waals surface area contributed by atoms with Gasteiger partial charge in [-0.25, -0.2) is 0 Å². The summed E-state index contributed by atoms with van der Waals surface area (Å²) in [7, 11) is 1.38. The molecule has 0 N–H and O–H groups in total. The molecule has 1 rings (SSSR count). The van der Waals surface area contributed by atoms with Gasteiger partial charge in [-0.05, 0) is 12.8 Å². The lowest BCUT2D eigenvalue weighted by molar-refractivity contribution is -0.140. The maximum Gasteiger partial charge on any atom is 0.305 e. The van der Waals surface area contributed by atoms with Gasteiger partial charge in [0.2, 0.25) is 0 Å². The molecule has 1 unspecified atom stereocenters. The summed E-state index contributed by atoms with van der Waals surface area (Å²) in [6.45, 7) is 3.79. The fourth-order valence-electron chi connectivity index (χ4n) is 1.30. The largest absolute Gasteiger partial charge is 0.469 e. The molecule has 0 radical (unpaired) electrons. The Morgan fingerprint density at radius 3 is 2.36 bits per heavy atom. The lowest BCUT2D eigenvalue weighted by Crippen LogP contribution is -2.14. The predicted octanol–water partition coefficient (Wildman–Crippen LogP) is 2.33. The van der Waals surface area contributed by atoms with E-state index >= 15 is 0 Å². The van der Waals surface area contributed by atoms with Crippen LogP contribution in [-0.4, -0.2) is 18.9 Å². The Morgan fingerprint density at radius 2 is 2.14 bits per heavy atom. The van der Waals surface area contributed by atoms with Crippen molar-refractivity contribution in [1.82, 2.24) is 0 Å². The summed E-state index contributed by atoms with van der Waals surface area (Å²) in [6, 6.07) is 0. The molecular weight excluding hydrogens is 180 g/mol. The van der Waals surface area contributed by atoms with E-state index in [1.165, 1.54) is 13.5 Å². The van der Waals surface area contributed by atoms with Crippen LogP contribution >= 0.6 is 0 Å². The van der Waals surface area contributed by atoms with E-state index in [0.717, 1.165) is 19.3 Å². The minimum atomic E-state index is -0.157. The van der Waals surface area contributed by atoms with Gasteiger partial charge in [-0.1, -0.05) is 20.3 Å². The molecule has 0 bridgehead atoms. The number of esters is 1. The summed E-state index contributed by atoms with van der Waals surface area (Å²) in [5, 5.41) is 0. The molecule has 0 spiro atoms. The van der Waals surface area contributed by atoms with Crippen LogP contribution in [0.2, 0.25) is 0 Å². The number of methoxy groups -OCH3 is 1. The monoisotopic (exact) mass is 200 g/mol. The van der Waals surface area contributed by atoms with Crippen molar-refractivity contribution in [2.24, 2.45) is 5.92 Å². The van der Waals surface area contributed by atoms with E-state index in [1.807, 2.05) is 6.92 Å². The maximum absolute atomic E-state index is 10.8. The smallest absolute Gasteiger partial charge is 0.305 e. The van der Waals surface area contributed by atoms with Crippen LogP contribution in [0.3, 0.4) is 0 Å². The van der Waals surface area contributed by atoms with Crippen molar-refractivity contribution in [3.63, 3.8) is 0 Å². The molecule has 3 heteroatoms. The molecule has 1 fully saturated rings. The van der Waals surface area contributed by atoms with E-state index in [9.17, 15) is 9.59 Å².